The molecule has 3 aromatic carbocycles. The third-order valence-electron chi connectivity index (χ3n) is 8.42. The molecule has 3 amide bonds. The van der Waals surface area contributed by atoms with Crippen LogP contribution in [-0.2, 0) is 6.42 Å². The minimum Gasteiger partial charge on any atom is -0.337 e. The Morgan fingerprint density at radius 3 is 2.08 bits per heavy atom. The summed E-state index contributed by atoms with van der Waals surface area (Å²) in [5.41, 5.74) is 4.29. The SMILES string of the molecule is CN(C(=O)c1ccc(-c2ccccc2)cc1)C1CCN(C(=O)N(C)C2CCN(CCCc3ccccc3)C2)C1. The first-order chi connectivity index (χ1) is 19.0. The zero-order valence-corrected chi connectivity index (χ0v) is 23.2. The van der Waals surface area contributed by atoms with E-state index in [9.17, 15) is 9.59 Å². The summed E-state index contributed by atoms with van der Waals surface area (Å²) in [6.07, 6.45) is 4.05. The summed E-state index contributed by atoms with van der Waals surface area (Å²) in [7, 11) is 3.80. The van der Waals surface area contributed by atoms with Crippen molar-refractivity contribution in [3.05, 3.63) is 96.1 Å². The number of likely N-dealkylation sites (tertiary alicyclic amines) is 2. The zero-order valence-electron chi connectivity index (χ0n) is 23.2. The lowest BCUT2D eigenvalue weighted by molar-refractivity contribution is 0.0734. The van der Waals surface area contributed by atoms with Crippen LogP contribution in [0.1, 0.15) is 35.2 Å². The highest BCUT2D eigenvalue weighted by Gasteiger charge is 2.35. The molecule has 6 heteroatoms. The molecule has 2 fully saturated rings. The van der Waals surface area contributed by atoms with Crippen LogP contribution in [0.2, 0.25) is 0 Å². The number of carbonyl (C=O) groups excluding carboxylic acids is 2. The Morgan fingerprint density at radius 2 is 1.36 bits per heavy atom. The molecule has 0 bridgehead atoms. The molecule has 2 unspecified atom stereocenters. The van der Waals surface area contributed by atoms with E-state index in [1.165, 1.54) is 5.56 Å². The van der Waals surface area contributed by atoms with Crippen LogP contribution in [-0.4, -0.2) is 90.4 Å². The lowest BCUT2D eigenvalue weighted by Crippen LogP contribution is -2.47. The number of amides is 3. The van der Waals surface area contributed by atoms with E-state index in [1.54, 1.807) is 0 Å². The average Bonchev–Trinajstić information content (AvgIpc) is 3.67. The third-order valence-corrected chi connectivity index (χ3v) is 8.42. The monoisotopic (exact) mass is 524 g/mol. The average molecular weight is 525 g/mol. The maximum absolute atomic E-state index is 13.3. The highest BCUT2D eigenvalue weighted by atomic mass is 16.2. The number of hydrogen-bond acceptors (Lipinski definition) is 3. The first-order valence-electron chi connectivity index (χ1n) is 14.2. The number of rotatable bonds is 8. The van der Waals surface area contributed by atoms with E-state index in [4.69, 9.17) is 0 Å². The fraction of sp³-hybridized carbons (Fsp3) is 0.394. The zero-order chi connectivity index (χ0) is 27.2. The van der Waals surface area contributed by atoms with E-state index < -0.39 is 0 Å². The standard InChI is InChI=1S/C33H40N4O2/c1-34(32(38)29-17-15-28(16-18-29)27-13-7-4-8-14-27)31-20-23-37(25-31)33(39)35(2)30-19-22-36(24-30)21-9-12-26-10-5-3-6-11-26/h3-8,10-11,13-18,30-31H,9,12,19-25H2,1-2H3. The molecule has 0 N–H and O–H groups in total. The Kier molecular flexibility index (Phi) is 8.62. The van der Waals surface area contributed by atoms with Gasteiger partial charge in [-0.15, -0.1) is 0 Å². The maximum Gasteiger partial charge on any atom is 0.320 e. The second kappa shape index (κ2) is 12.5. The summed E-state index contributed by atoms with van der Waals surface area (Å²) < 4.78 is 0. The van der Waals surface area contributed by atoms with Gasteiger partial charge in [-0.2, -0.15) is 0 Å². The summed E-state index contributed by atoms with van der Waals surface area (Å²) in [5, 5.41) is 0. The molecule has 5 rings (SSSR count). The molecule has 0 aliphatic carbocycles. The molecular formula is C33H40N4O2. The van der Waals surface area contributed by atoms with Gasteiger partial charge in [-0.3, -0.25) is 4.79 Å². The molecule has 0 radical (unpaired) electrons. The van der Waals surface area contributed by atoms with E-state index in [1.807, 2.05) is 71.3 Å². The summed E-state index contributed by atoms with van der Waals surface area (Å²) >= 11 is 0. The predicted octanol–water partition coefficient (Wildman–Crippen LogP) is 5.26. The Labute approximate surface area is 232 Å². The van der Waals surface area contributed by atoms with Crippen LogP contribution in [0.3, 0.4) is 0 Å². The molecule has 39 heavy (non-hydrogen) atoms. The van der Waals surface area contributed by atoms with E-state index in [0.717, 1.165) is 56.4 Å². The quantitative estimate of drug-likeness (QED) is 0.404. The topological polar surface area (TPSA) is 47.1 Å². The minimum atomic E-state index is 0.00389. The Bertz CT molecular complexity index is 1230. The van der Waals surface area contributed by atoms with Crippen molar-refractivity contribution in [3.8, 4) is 11.1 Å². The molecule has 3 aromatic rings. The minimum absolute atomic E-state index is 0.00389. The predicted molar refractivity (Wildman–Crippen MR) is 157 cm³/mol. The Balaban J connectivity index is 1.09. The van der Waals surface area contributed by atoms with Crippen molar-refractivity contribution in [2.45, 2.75) is 37.8 Å². The van der Waals surface area contributed by atoms with E-state index >= 15 is 0 Å². The molecule has 2 aliphatic rings. The van der Waals surface area contributed by atoms with Gasteiger partial charge in [-0.05, 0) is 61.1 Å². The van der Waals surface area contributed by atoms with Gasteiger partial charge in [0.05, 0.1) is 6.04 Å². The van der Waals surface area contributed by atoms with Gasteiger partial charge < -0.3 is 19.6 Å². The van der Waals surface area contributed by atoms with Gasteiger partial charge in [0, 0.05) is 51.9 Å². The van der Waals surface area contributed by atoms with Gasteiger partial charge in [-0.1, -0.05) is 72.8 Å². The first kappa shape index (κ1) is 26.9. The highest BCUT2D eigenvalue weighted by molar-refractivity contribution is 5.95. The van der Waals surface area contributed by atoms with Crippen LogP contribution in [0.25, 0.3) is 11.1 Å². The van der Waals surface area contributed by atoms with Crippen LogP contribution in [0.5, 0.6) is 0 Å². The number of urea groups is 1. The molecular weight excluding hydrogens is 484 g/mol. The molecule has 2 heterocycles. The number of hydrogen-bond donors (Lipinski definition) is 0. The van der Waals surface area contributed by atoms with Crippen LogP contribution in [0, 0.1) is 0 Å². The van der Waals surface area contributed by atoms with Crippen LogP contribution in [0.15, 0.2) is 84.9 Å². The fourth-order valence-corrected chi connectivity index (χ4v) is 5.90. The molecule has 2 atom stereocenters. The van der Waals surface area contributed by atoms with Gasteiger partial charge in [0.1, 0.15) is 0 Å². The van der Waals surface area contributed by atoms with Gasteiger partial charge in [-0.25, -0.2) is 4.79 Å². The number of aryl methyl sites for hydroxylation is 1. The first-order valence-corrected chi connectivity index (χ1v) is 14.2. The summed E-state index contributed by atoms with van der Waals surface area (Å²) in [4.78, 5) is 34.7. The van der Waals surface area contributed by atoms with Crippen molar-refractivity contribution in [1.82, 2.24) is 19.6 Å². The van der Waals surface area contributed by atoms with Gasteiger partial charge in [0.25, 0.3) is 5.91 Å². The molecule has 0 aromatic heterocycles. The van der Waals surface area contributed by atoms with Gasteiger partial charge in [0.2, 0.25) is 0 Å². The number of nitrogens with zero attached hydrogens (tertiary/aromatic N) is 4. The summed E-state index contributed by atoms with van der Waals surface area (Å²) in [5.74, 6) is 0.00389. The molecule has 6 nitrogen and oxygen atoms in total. The number of carbonyl (C=O) groups is 2. The third kappa shape index (κ3) is 6.51. The van der Waals surface area contributed by atoms with Crippen LogP contribution >= 0.6 is 0 Å². The maximum atomic E-state index is 13.3. The number of likely N-dealkylation sites (N-methyl/N-ethyl adjacent to an activating group) is 2. The molecule has 2 saturated heterocycles. The summed E-state index contributed by atoms with van der Waals surface area (Å²) in [6.45, 7) is 4.32. The van der Waals surface area contributed by atoms with E-state index in [-0.39, 0.29) is 24.0 Å². The van der Waals surface area contributed by atoms with Crippen molar-refractivity contribution >= 4 is 11.9 Å². The largest absolute Gasteiger partial charge is 0.337 e. The lowest BCUT2D eigenvalue weighted by atomic mass is 10.0. The lowest BCUT2D eigenvalue weighted by Gasteiger charge is -2.30. The smallest absolute Gasteiger partial charge is 0.320 e. The van der Waals surface area contributed by atoms with Crippen molar-refractivity contribution < 1.29 is 9.59 Å². The normalized spacial score (nSPS) is 19.3. The molecule has 2 aliphatic heterocycles. The van der Waals surface area contributed by atoms with Crippen molar-refractivity contribution in [3.63, 3.8) is 0 Å². The van der Waals surface area contributed by atoms with Crippen molar-refractivity contribution in [2.75, 3.05) is 46.8 Å². The van der Waals surface area contributed by atoms with Crippen molar-refractivity contribution in [2.24, 2.45) is 0 Å². The van der Waals surface area contributed by atoms with E-state index in [0.29, 0.717) is 18.7 Å². The summed E-state index contributed by atoms with van der Waals surface area (Å²) in [6, 6.07) is 29.0. The second-order valence-corrected chi connectivity index (χ2v) is 11.0. The molecule has 204 valence electrons. The van der Waals surface area contributed by atoms with Gasteiger partial charge in [0.15, 0.2) is 0 Å². The van der Waals surface area contributed by atoms with Crippen LogP contribution < -0.4 is 0 Å². The van der Waals surface area contributed by atoms with Crippen molar-refractivity contribution in [1.29, 1.82) is 0 Å². The molecule has 0 saturated carbocycles. The van der Waals surface area contributed by atoms with Gasteiger partial charge >= 0.3 is 6.03 Å². The second-order valence-electron chi connectivity index (χ2n) is 11.0. The fourth-order valence-electron chi connectivity index (χ4n) is 5.90. The highest BCUT2D eigenvalue weighted by Crippen LogP contribution is 2.23. The molecule has 0 spiro atoms. The Hall–Kier alpha value is -3.64. The number of benzene rings is 3. The van der Waals surface area contributed by atoms with Crippen LogP contribution in [0.4, 0.5) is 4.79 Å². The van der Waals surface area contributed by atoms with E-state index in [2.05, 4.69) is 47.4 Å². The Morgan fingerprint density at radius 1 is 0.744 bits per heavy atom.